The molecule has 0 aromatic heterocycles. The lowest BCUT2D eigenvalue weighted by molar-refractivity contribution is -0.115. The lowest BCUT2D eigenvalue weighted by atomic mass is 9.86. The van der Waals surface area contributed by atoms with Gasteiger partial charge in [0, 0.05) is 5.56 Å². The average Bonchev–Trinajstić information content (AvgIpc) is 2.95. The smallest absolute Gasteiger partial charge is 0.275 e. The first kappa shape index (κ1) is 17.9. The van der Waals surface area contributed by atoms with E-state index in [1.807, 2.05) is 37.3 Å². The van der Waals surface area contributed by atoms with Crippen molar-refractivity contribution in [2.75, 3.05) is 7.11 Å². The molecule has 1 aliphatic rings. The zero-order chi connectivity index (χ0) is 18.9. The molecule has 4 heteroatoms. The average molecular weight is 348 g/mol. The molecule has 1 N–H and O–H groups in total. The molecular formula is C22H24N2O2. The Hall–Kier alpha value is -2.88. The normalized spacial score (nSPS) is 15.8. The monoisotopic (exact) mass is 348 g/mol. The lowest BCUT2D eigenvalue weighted by Crippen LogP contribution is -2.24. The number of methoxy groups -OCH3 is 1. The Labute approximate surface area is 154 Å². The summed E-state index contributed by atoms with van der Waals surface area (Å²) >= 11 is 0. The van der Waals surface area contributed by atoms with E-state index in [1.165, 1.54) is 5.56 Å². The summed E-state index contributed by atoms with van der Waals surface area (Å²) in [5.74, 6) is 1.23. The highest BCUT2D eigenvalue weighted by atomic mass is 16.5. The number of benzene rings is 2. The summed E-state index contributed by atoms with van der Waals surface area (Å²) in [5, 5.41) is 2.85. The van der Waals surface area contributed by atoms with Crippen LogP contribution in [0, 0.1) is 6.92 Å². The number of hydrogen-bond acceptors (Lipinski definition) is 3. The van der Waals surface area contributed by atoms with E-state index in [0.29, 0.717) is 11.5 Å². The fraction of sp³-hybridized carbons (Fsp3) is 0.273. The summed E-state index contributed by atoms with van der Waals surface area (Å²) in [5.41, 5.74) is 4.58. The van der Waals surface area contributed by atoms with Gasteiger partial charge in [-0.25, -0.2) is 4.99 Å². The molecule has 0 unspecified atom stereocenters. The fourth-order valence-corrected chi connectivity index (χ4v) is 2.88. The van der Waals surface area contributed by atoms with Crippen molar-refractivity contribution in [1.82, 2.24) is 5.32 Å². The van der Waals surface area contributed by atoms with E-state index in [9.17, 15) is 4.79 Å². The number of carbonyl (C=O) groups excluding carboxylic acids is 1. The molecule has 0 spiro atoms. The van der Waals surface area contributed by atoms with Gasteiger partial charge in [0.1, 0.15) is 17.3 Å². The Morgan fingerprint density at radius 1 is 1.08 bits per heavy atom. The second kappa shape index (κ2) is 6.79. The lowest BCUT2D eigenvalue weighted by Gasteiger charge is -2.19. The van der Waals surface area contributed by atoms with Crippen LogP contribution in [0.25, 0.3) is 6.08 Å². The van der Waals surface area contributed by atoms with Crippen LogP contribution < -0.4 is 10.1 Å². The number of amides is 1. The molecule has 0 fully saturated rings. The molecule has 1 amide bonds. The van der Waals surface area contributed by atoms with Crippen molar-refractivity contribution in [3.63, 3.8) is 0 Å². The molecule has 0 aliphatic carbocycles. The second-order valence-electron chi connectivity index (χ2n) is 7.50. The number of rotatable bonds is 3. The van der Waals surface area contributed by atoms with Crippen molar-refractivity contribution < 1.29 is 9.53 Å². The first-order valence-electron chi connectivity index (χ1n) is 8.65. The van der Waals surface area contributed by atoms with Crippen LogP contribution in [0.3, 0.4) is 0 Å². The van der Waals surface area contributed by atoms with Gasteiger partial charge in [-0.1, -0.05) is 51.1 Å². The topological polar surface area (TPSA) is 50.7 Å². The Bertz CT molecular complexity index is 901. The first-order chi connectivity index (χ1) is 12.3. The van der Waals surface area contributed by atoms with Gasteiger partial charge in [-0.05, 0) is 47.2 Å². The molecule has 0 bridgehead atoms. The third-order valence-electron chi connectivity index (χ3n) is 4.44. The van der Waals surface area contributed by atoms with E-state index in [-0.39, 0.29) is 11.3 Å². The van der Waals surface area contributed by atoms with Gasteiger partial charge in [0.15, 0.2) is 0 Å². The number of amidine groups is 1. The van der Waals surface area contributed by atoms with Gasteiger partial charge >= 0.3 is 0 Å². The molecule has 0 atom stereocenters. The first-order valence-corrected chi connectivity index (χ1v) is 8.65. The predicted octanol–water partition coefficient (Wildman–Crippen LogP) is 4.22. The summed E-state index contributed by atoms with van der Waals surface area (Å²) in [7, 11) is 1.65. The molecule has 0 saturated carbocycles. The SMILES string of the molecule is COc1ccc(/C=C2/N=C(c3ccc(C(C)(C)C)cc3)NC2=O)cc1C. The zero-order valence-corrected chi connectivity index (χ0v) is 15.9. The van der Waals surface area contributed by atoms with Crippen molar-refractivity contribution in [3.05, 3.63) is 70.4 Å². The molecule has 2 aromatic carbocycles. The number of hydrogen-bond donors (Lipinski definition) is 1. The minimum atomic E-state index is -0.187. The number of carbonyl (C=O) groups is 1. The van der Waals surface area contributed by atoms with Gasteiger partial charge in [0.2, 0.25) is 0 Å². The minimum Gasteiger partial charge on any atom is -0.496 e. The van der Waals surface area contributed by atoms with Crippen LogP contribution in [0.4, 0.5) is 0 Å². The van der Waals surface area contributed by atoms with Gasteiger partial charge in [-0.3, -0.25) is 4.79 Å². The number of nitrogens with one attached hydrogen (secondary N) is 1. The van der Waals surface area contributed by atoms with Crippen LogP contribution in [0.2, 0.25) is 0 Å². The maximum absolute atomic E-state index is 12.3. The van der Waals surface area contributed by atoms with Crippen molar-refractivity contribution in [2.45, 2.75) is 33.1 Å². The molecule has 2 aromatic rings. The van der Waals surface area contributed by atoms with E-state index in [0.717, 1.165) is 22.4 Å². The minimum absolute atomic E-state index is 0.0938. The van der Waals surface area contributed by atoms with Crippen LogP contribution >= 0.6 is 0 Å². The number of nitrogens with zero attached hydrogens (tertiary/aromatic N) is 1. The highest BCUT2D eigenvalue weighted by Crippen LogP contribution is 2.24. The van der Waals surface area contributed by atoms with E-state index in [4.69, 9.17) is 4.74 Å². The largest absolute Gasteiger partial charge is 0.496 e. The van der Waals surface area contributed by atoms with Gasteiger partial charge in [-0.2, -0.15) is 0 Å². The zero-order valence-electron chi connectivity index (χ0n) is 15.9. The van der Waals surface area contributed by atoms with Crippen LogP contribution in [-0.2, 0) is 10.2 Å². The van der Waals surface area contributed by atoms with Crippen molar-refractivity contribution >= 4 is 17.8 Å². The standard InChI is InChI=1S/C22H24N2O2/c1-14-12-15(6-11-19(14)26-5)13-18-21(25)24-20(23-18)16-7-9-17(10-8-16)22(2,3)4/h6-13H,1-5H3,(H,23,24,25)/b18-13+. The molecule has 1 aliphatic heterocycles. The van der Waals surface area contributed by atoms with E-state index in [2.05, 4.69) is 43.2 Å². The van der Waals surface area contributed by atoms with Crippen molar-refractivity contribution in [1.29, 1.82) is 0 Å². The summed E-state index contributed by atoms with van der Waals surface area (Å²) in [6.45, 7) is 8.50. The van der Waals surface area contributed by atoms with Crippen molar-refractivity contribution in [2.24, 2.45) is 4.99 Å². The molecular weight excluding hydrogens is 324 g/mol. The molecule has 0 saturated heterocycles. The quantitative estimate of drug-likeness (QED) is 0.845. The van der Waals surface area contributed by atoms with E-state index in [1.54, 1.807) is 13.2 Å². The number of ether oxygens (including phenoxy) is 1. The predicted molar refractivity (Wildman–Crippen MR) is 106 cm³/mol. The highest BCUT2D eigenvalue weighted by Gasteiger charge is 2.22. The third kappa shape index (κ3) is 3.69. The second-order valence-corrected chi connectivity index (χ2v) is 7.50. The number of aryl methyl sites for hydroxylation is 1. The highest BCUT2D eigenvalue weighted by molar-refractivity contribution is 6.19. The summed E-state index contributed by atoms with van der Waals surface area (Å²) in [6.07, 6.45) is 1.79. The summed E-state index contributed by atoms with van der Waals surface area (Å²) in [4.78, 5) is 16.8. The molecule has 134 valence electrons. The molecule has 0 radical (unpaired) electrons. The molecule has 26 heavy (non-hydrogen) atoms. The van der Waals surface area contributed by atoms with Crippen LogP contribution in [0.15, 0.2) is 53.2 Å². The Morgan fingerprint density at radius 2 is 1.77 bits per heavy atom. The van der Waals surface area contributed by atoms with Gasteiger partial charge < -0.3 is 10.1 Å². The molecule has 3 rings (SSSR count). The van der Waals surface area contributed by atoms with Gasteiger partial charge in [0.05, 0.1) is 7.11 Å². The van der Waals surface area contributed by atoms with Gasteiger partial charge in [-0.15, -0.1) is 0 Å². The number of aliphatic imine (C=N–C) groups is 1. The maximum Gasteiger partial charge on any atom is 0.275 e. The molecule has 1 heterocycles. The van der Waals surface area contributed by atoms with Crippen LogP contribution in [0.5, 0.6) is 5.75 Å². The van der Waals surface area contributed by atoms with E-state index >= 15 is 0 Å². The Morgan fingerprint density at radius 3 is 2.35 bits per heavy atom. The Kier molecular flexibility index (Phi) is 4.68. The van der Waals surface area contributed by atoms with Crippen LogP contribution in [0.1, 0.15) is 43.0 Å². The summed E-state index contributed by atoms with van der Waals surface area (Å²) in [6, 6.07) is 13.9. The molecule has 4 nitrogen and oxygen atoms in total. The fourth-order valence-electron chi connectivity index (χ4n) is 2.88. The Balaban J connectivity index is 1.88. The maximum atomic E-state index is 12.3. The summed E-state index contributed by atoms with van der Waals surface area (Å²) < 4.78 is 5.27. The third-order valence-corrected chi connectivity index (χ3v) is 4.44. The van der Waals surface area contributed by atoms with Gasteiger partial charge in [0.25, 0.3) is 5.91 Å². The van der Waals surface area contributed by atoms with E-state index < -0.39 is 0 Å². The van der Waals surface area contributed by atoms with Crippen LogP contribution in [-0.4, -0.2) is 18.9 Å². The van der Waals surface area contributed by atoms with Crippen molar-refractivity contribution in [3.8, 4) is 5.75 Å².